The number of nitrogens with one attached hydrogen (secondary N) is 1. The molecule has 5 aromatic rings. The summed E-state index contributed by atoms with van der Waals surface area (Å²) in [6.07, 6.45) is 5.51. The van der Waals surface area contributed by atoms with Gasteiger partial charge in [-0.05, 0) is 72.8 Å². The predicted octanol–water partition coefficient (Wildman–Crippen LogP) is 5.15. The van der Waals surface area contributed by atoms with Crippen molar-refractivity contribution in [2.75, 3.05) is 19.6 Å². The van der Waals surface area contributed by atoms with Crippen molar-refractivity contribution in [3.8, 4) is 22.5 Å². The van der Waals surface area contributed by atoms with Crippen molar-refractivity contribution in [1.82, 2.24) is 24.4 Å². The minimum absolute atomic E-state index is 0.0289. The van der Waals surface area contributed by atoms with Gasteiger partial charge in [0.05, 0.1) is 28.3 Å². The van der Waals surface area contributed by atoms with Crippen LogP contribution in [0.3, 0.4) is 0 Å². The standard InChI is InChI=1S/C26H25N5OS/c32-26-21-14-18(4-6-22(21)27-17-31(26)12-11-30-9-2-1-3-10-30)19-5-7-23-24(15-19)29-25(28-23)20-8-13-33-16-20/h4-8,13-17H,1-3,9-12H2,(H,28,29). The van der Waals surface area contributed by atoms with Gasteiger partial charge < -0.3 is 9.88 Å². The number of hydrogen-bond acceptors (Lipinski definition) is 5. The number of aromatic nitrogens is 4. The molecule has 0 radical (unpaired) electrons. The summed E-state index contributed by atoms with van der Waals surface area (Å²) in [6.45, 7) is 3.83. The molecule has 7 heteroatoms. The Kier molecular flexibility index (Phi) is 5.28. The molecule has 6 nitrogen and oxygen atoms in total. The lowest BCUT2D eigenvalue weighted by atomic mass is 10.0. The second-order valence-corrected chi connectivity index (χ2v) is 9.49. The zero-order valence-electron chi connectivity index (χ0n) is 18.3. The molecule has 0 saturated carbocycles. The normalized spacial score (nSPS) is 14.9. The van der Waals surface area contributed by atoms with Gasteiger partial charge in [0, 0.05) is 24.0 Å². The summed E-state index contributed by atoms with van der Waals surface area (Å²) in [5.74, 6) is 0.878. The summed E-state index contributed by atoms with van der Waals surface area (Å²) in [7, 11) is 0. The monoisotopic (exact) mass is 455 g/mol. The fourth-order valence-corrected chi connectivity index (χ4v) is 5.30. The Labute approximate surface area is 195 Å². The second kappa shape index (κ2) is 8.57. The van der Waals surface area contributed by atoms with E-state index in [1.807, 2.05) is 24.3 Å². The average molecular weight is 456 g/mol. The van der Waals surface area contributed by atoms with E-state index in [1.165, 1.54) is 19.3 Å². The minimum Gasteiger partial charge on any atom is -0.338 e. The third-order valence-electron chi connectivity index (χ3n) is 6.54. The van der Waals surface area contributed by atoms with Crippen LogP contribution >= 0.6 is 11.3 Å². The number of hydrogen-bond donors (Lipinski definition) is 1. The minimum atomic E-state index is 0.0289. The molecule has 0 atom stereocenters. The van der Waals surface area contributed by atoms with E-state index in [2.05, 4.69) is 43.8 Å². The molecule has 33 heavy (non-hydrogen) atoms. The van der Waals surface area contributed by atoms with Gasteiger partial charge in [-0.25, -0.2) is 9.97 Å². The fourth-order valence-electron chi connectivity index (χ4n) is 4.66. The summed E-state index contributed by atoms with van der Waals surface area (Å²) >= 11 is 1.66. The van der Waals surface area contributed by atoms with Crippen LogP contribution in [0.4, 0.5) is 0 Å². The molecule has 6 rings (SSSR count). The molecular weight excluding hydrogens is 430 g/mol. The van der Waals surface area contributed by atoms with Crippen LogP contribution in [0.5, 0.6) is 0 Å². The van der Waals surface area contributed by atoms with Gasteiger partial charge in [0.1, 0.15) is 5.82 Å². The first kappa shape index (κ1) is 20.3. The molecule has 0 amide bonds. The van der Waals surface area contributed by atoms with Crippen LogP contribution < -0.4 is 5.56 Å². The van der Waals surface area contributed by atoms with Crippen LogP contribution in [0.15, 0.2) is 64.3 Å². The molecule has 1 aliphatic heterocycles. The van der Waals surface area contributed by atoms with Gasteiger partial charge in [-0.1, -0.05) is 18.6 Å². The van der Waals surface area contributed by atoms with Crippen LogP contribution in [-0.2, 0) is 6.54 Å². The Hall–Kier alpha value is -3.29. The van der Waals surface area contributed by atoms with Crippen LogP contribution in [0.2, 0.25) is 0 Å². The third kappa shape index (κ3) is 3.98. The lowest BCUT2D eigenvalue weighted by Crippen LogP contribution is -2.34. The van der Waals surface area contributed by atoms with Crippen LogP contribution in [0.1, 0.15) is 19.3 Å². The van der Waals surface area contributed by atoms with Crippen LogP contribution in [-0.4, -0.2) is 44.1 Å². The van der Waals surface area contributed by atoms with Gasteiger partial charge in [0.2, 0.25) is 0 Å². The van der Waals surface area contributed by atoms with E-state index in [1.54, 1.807) is 22.2 Å². The Morgan fingerprint density at radius 2 is 1.73 bits per heavy atom. The van der Waals surface area contributed by atoms with E-state index in [4.69, 9.17) is 4.98 Å². The molecular formula is C26H25N5OS. The van der Waals surface area contributed by atoms with E-state index in [-0.39, 0.29) is 5.56 Å². The van der Waals surface area contributed by atoms with E-state index in [9.17, 15) is 4.79 Å². The zero-order valence-corrected chi connectivity index (χ0v) is 19.1. The van der Waals surface area contributed by atoms with Crippen molar-refractivity contribution in [2.45, 2.75) is 25.8 Å². The number of likely N-dealkylation sites (tertiary alicyclic amines) is 1. The smallest absolute Gasteiger partial charge is 0.261 e. The molecule has 0 bridgehead atoms. The van der Waals surface area contributed by atoms with Crippen molar-refractivity contribution in [3.05, 3.63) is 69.9 Å². The van der Waals surface area contributed by atoms with E-state index in [0.717, 1.165) is 58.7 Å². The summed E-state index contributed by atoms with van der Waals surface area (Å²) in [5.41, 5.74) is 5.83. The molecule has 166 valence electrons. The Morgan fingerprint density at radius 1 is 0.909 bits per heavy atom. The van der Waals surface area contributed by atoms with Crippen LogP contribution in [0.25, 0.3) is 44.5 Å². The van der Waals surface area contributed by atoms with Crippen molar-refractivity contribution in [3.63, 3.8) is 0 Å². The van der Waals surface area contributed by atoms with Gasteiger partial charge in [0.15, 0.2) is 0 Å². The molecule has 3 aromatic heterocycles. The zero-order chi connectivity index (χ0) is 22.2. The highest BCUT2D eigenvalue weighted by molar-refractivity contribution is 7.08. The number of aromatic amines is 1. The number of thiophene rings is 1. The van der Waals surface area contributed by atoms with Crippen molar-refractivity contribution in [1.29, 1.82) is 0 Å². The van der Waals surface area contributed by atoms with Crippen molar-refractivity contribution >= 4 is 33.3 Å². The van der Waals surface area contributed by atoms with Gasteiger partial charge in [0.25, 0.3) is 5.56 Å². The Balaban J connectivity index is 1.32. The molecule has 1 N–H and O–H groups in total. The maximum absolute atomic E-state index is 13.2. The molecule has 1 fully saturated rings. The quantitative estimate of drug-likeness (QED) is 0.398. The third-order valence-corrected chi connectivity index (χ3v) is 7.22. The highest BCUT2D eigenvalue weighted by Crippen LogP contribution is 2.28. The SMILES string of the molecule is O=c1c2cc(-c3ccc4nc(-c5ccsc5)[nH]c4c3)ccc2ncn1CCN1CCCCC1. The lowest BCUT2D eigenvalue weighted by molar-refractivity contribution is 0.220. The first-order valence-electron chi connectivity index (χ1n) is 11.5. The molecule has 0 unspecified atom stereocenters. The lowest BCUT2D eigenvalue weighted by Gasteiger charge is -2.26. The second-order valence-electron chi connectivity index (χ2n) is 8.71. The molecule has 1 saturated heterocycles. The number of piperidine rings is 1. The predicted molar refractivity (Wildman–Crippen MR) is 135 cm³/mol. The molecule has 1 aliphatic rings. The first-order chi connectivity index (χ1) is 16.2. The van der Waals surface area contributed by atoms with Gasteiger partial charge >= 0.3 is 0 Å². The summed E-state index contributed by atoms with van der Waals surface area (Å²) in [5, 5.41) is 4.80. The number of rotatable bonds is 5. The van der Waals surface area contributed by atoms with E-state index < -0.39 is 0 Å². The van der Waals surface area contributed by atoms with Crippen molar-refractivity contribution in [2.24, 2.45) is 0 Å². The van der Waals surface area contributed by atoms with Gasteiger partial charge in [-0.15, -0.1) is 0 Å². The molecule has 0 spiro atoms. The Morgan fingerprint density at radius 3 is 2.55 bits per heavy atom. The molecule has 4 heterocycles. The van der Waals surface area contributed by atoms with E-state index in [0.29, 0.717) is 11.9 Å². The van der Waals surface area contributed by atoms with E-state index >= 15 is 0 Å². The number of benzene rings is 2. The number of H-pyrrole nitrogens is 1. The molecule has 2 aromatic carbocycles. The number of fused-ring (bicyclic) bond motifs is 2. The molecule has 0 aliphatic carbocycles. The van der Waals surface area contributed by atoms with Crippen LogP contribution in [0, 0.1) is 0 Å². The summed E-state index contributed by atoms with van der Waals surface area (Å²) in [6, 6.07) is 14.2. The van der Waals surface area contributed by atoms with Crippen molar-refractivity contribution < 1.29 is 0 Å². The first-order valence-corrected chi connectivity index (χ1v) is 12.4. The topological polar surface area (TPSA) is 66.8 Å². The Bertz CT molecular complexity index is 1480. The van der Waals surface area contributed by atoms with Gasteiger partial charge in [-0.2, -0.15) is 11.3 Å². The number of imidazole rings is 1. The average Bonchev–Trinajstić information content (AvgIpc) is 3.54. The summed E-state index contributed by atoms with van der Waals surface area (Å²) < 4.78 is 1.76. The largest absolute Gasteiger partial charge is 0.338 e. The van der Waals surface area contributed by atoms with Gasteiger partial charge in [-0.3, -0.25) is 9.36 Å². The highest BCUT2D eigenvalue weighted by Gasteiger charge is 2.12. The maximum atomic E-state index is 13.2. The summed E-state index contributed by atoms with van der Waals surface area (Å²) in [4.78, 5) is 28.4. The highest BCUT2D eigenvalue weighted by atomic mass is 32.1. The number of nitrogens with zero attached hydrogens (tertiary/aromatic N) is 4. The fraction of sp³-hybridized carbons (Fsp3) is 0.269. The maximum Gasteiger partial charge on any atom is 0.261 e.